The quantitative estimate of drug-likeness (QED) is 0.853. The number of rotatable bonds is 4. The Hall–Kier alpha value is -2.70. The molecule has 1 aliphatic rings. The molecular weight excluding hydrogens is 330 g/mol. The summed E-state index contributed by atoms with van der Waals surface area (Å²) in [5.41, 5.74) is 0.632. The van der Waals surface area contributed by atoms with E-state index in [4.69, 9.17) is 4.74 Å². The van der Waals surface area contributed by atoms with Crippen LogP contribution in [-0.2, 0) is 4.79 Å². The lowest BCUT2D eigenvalue weighted by Crippen LogP contribution is -2.34. The Balaban J connectivity index is 1.93. The van der Waals surface area contributed by atoms with Gasteiger partial charge in [0.05, 0.1) is 7.11 Å². The Morgan fingerprint density at radius 1 is 1.16 bits per heavy atom. The van der Waals surface area contributed by atoms with E-state index in [2.05, 4.69) is 0 Å². The predicted octanol–water partition coefficient (Wildman–Crippen LogP) is 3.08. The summed E-state index contributed by atoms with van der Waals surface area (Å²) >= 11 is 0. The number of alkyl halides is 2. The lowest BCUT2D eigenvalue weighted by atomic mass is 9.98. The first-order chi connectivity index (χ1) is 11.9. The molecule has 0 spiro atoms. The highest BCUT2D eigenvalue weighted by Crippen LogP contribution is 2.32. The molecule has 0 radical (unpaired) electrons. The van der Waals surface area contributed by atoms with Gasteiger partial charge in [-0.05, 0) is 36.2 Å². The minimum Gasteiger partial charge on any atom is -0.497 e. The highest BCUT2D eigenvalue weighted by atomic mass is 19.3. The summed E-state index contributed by atoms with van der Waals surface area (Å²) in [4.78, 5) is 26.1. The van der Waals surface area contributed by atoms with Gasteiger partial charge in [-0.1, -0.05) is 12.1 Å². The number of carbonyl (C=O) groups is 1. The van der Waals surface area contributed by atoms with Crippen molar-refractivity contribution in [3.8, 4) is 5.75 Å². The van der Waals surface area contributed by atoms with Crippen LogP contribution in [0.25, 0.3) is 0 Å². The van der Waals surface area contributed by atoms with Crippen LogP contribution in [0.3, 0.4) is 0 Å². The maximum absolute atomic E-state index is 13.0. The van der Waals surface area contributed by atoms with E-state index < -0.39 is 12.1 Å². The Kier molecular flexibility index (Phi) is 4.57. The first-order valence-electron chi connectivity index (χ1n) is 7.86. The molecule has 1 aliphatic heterocycles. The molecule has 5 nitrogen and oxygen atoms in total. The molecule has 7 heteroatoms. The number of halogens is 2. The highest BCUT2D eigenvalue weighted by molar-refractivity contribution is 5.97. The SMILES string of the molecule is COc1ccc(C2CC(=O)N(c3c(C)ccn(C(F)F)c3=O)C2)cc1. The molecule has 2 heterocycles. The fourth-order valence-corrected chi connectivity index (χ4v) is 3.13. The molecule has 0 saturated carbocycles. The molecule has 3 rings (SSSR count). The number of hydrogen-bond donors (Lipinski definition) is 0. The number of benzene rings is 1. The van der Waals surface area contributed by atoms with Crippen molar-refractivity contribution in [1.82, 2.24) is 4.57 Å². The first-order valence-corrected chi connectivity index (χ1v) is 7.86. The van der Waals surface area contributed by atoms with Crippen LogP contribution in [0.5, 0.6) is 5.75 Å². The monoisotopic (exact) mass is 348 g/mol. The van der Waals surface area contributed by atoms with Crippen molar-refractivity contribution in [2.75, 3.05) is 18.6 Å². The van der Waals surface area contributed by atoms with Crippen molar-refractivity contribution in [3.63, 3.8) is 0 Å². The number of methoxy groups -OCH3 is 1. The van der Waals surface area contributed by atoms with Gasteiger partial charge in [-0.2, -0.15) is 8.78 Å². The van der Waals surface area contributed by atoms with Crippen molar-refractivity contribution in [1.29, 1.82) is 0 Å². The second kappa shape index (κ2) is 6.66. The second-order valence-electron chi connectivity index (χ2n) is 6.02. The summed E-state index contributed by atoms with van der Waals surface area (Å²) in [5, 5.41) is 0. The fraction of sp³-hybridized carbons (Fsp3) is 0.333. The molecule has 0 bridgehead atoms. The average molecular weight is 348 g/mol. The molecule has 1 atom stereocenters. The van der Waals surface area contributed by atoms with Crippen LogP contribution in [0.1, 0.15) is 30.0 Å². The molecule has 0 N–H and O–H groups in total. The minimum atomic E-state index is -2.94. The van der Waals surface area contributed by atoms with Crippen LogP contribution in [0.4, 0.5) is 14.5 Å². The van der Waals surface area contributed by atoms with Crippen molar-refractivity contribution in [2.45, 2.75) is 25.8 Å². The molecule has 1 unspecified atom stereocenters. The normalized spacial score (nSPS) is 17.4. The van der Waals surface area contributed by atoms with E-state index in [0.29, 0.717) is 15.9 Å². The van der Waals surface area contributed by atoms with Gasteiger partial charge in [0.2, 0.25) is 5.91 Å². The van der Waals surface area contributed by atoms with Crippen molar-refractivity contribution < 1.29 is 18.3 Å². The Morgan fingerprint density at radius 2 is 1.84 bits per heavy atom. The van der Waals surface area contributed by atoms with Gasteiger partial charge >= 0.3 is 6.55 Å². The largest absolute Gasteiger partial charge is 0.497 e. The van der Waals surface area contributed by atoms with Crippen LogP contribution in [0.15, 0.2) is 41.3 Å². The van der Waals surface area contributed by atoms with Crippen molar-refractivity contribution in [2.24, 2.45) is 0 Å². The molecular formula is C18H18F2N2O3. The van der Waals surface area contributed by atoms with Gasteiger partial charge in [0.1, 0.15) is 11.4 Å². The number of aryl methyl sites for hydroxylation is 1. The smallest absolute Gasteiger partial charge is 0.321 e. The molecule has 2 aromatic rings. The third kappa shape index (κ3) is 3.14. The molecule has 132 valence electrons. The number of nitrogens with zero attached hydrogens (tertiary/aromatic N) is 2. The number of hydrogen-bond acceptors (Lipinski definition) is 3. The van der Waals surface area contributed by atoms with Gasteiger partial charge in [-0.15, -0.1) is 0 Å². The van der Waals surface area contributed by atoms with Crippen LogP contribution in [-0.4, -0.2) is 24.1 Å². The molecule has 0 aliphatic carbocycles. The zero-order valence-electron chi connectivity index (χ0n) is 13.9. The minimum absolute atomic E-state index is 0.0313. The maximum Gasteiger partial charge on any atom is 0.321 e. The number of amides is 1. The molecule has 1 fully saturated rings. The first kappa shape index (κ1) is 17.1. The van der Waals surface area contributed by atoms with Gasteiger partial charge in [0, 0.05) is 25.1 Å². The Bertz CT molecular complexity index is 846. The van der Waals surface area contributed by atoms with Crippen LogP contribution < -0.4 is 15.2 Å². The number of anilines is 1. The molecule has 1 amide bonds. The maximum atomic E-state index is 13.0. The Labute approximate surface area is 143 Å². The average Bonchev–Trinajstić information content (AvgIpc) is 2.96. The van der Waals surface area contributed by atoms with E-state index in [1.807, 2.05) is 12.1 Å². The van der Waals surface area contributed by atoms with Gasteiger partial charge in [-0.3, -0.25) is 14.2 Å². The van der Waals surface area contributed by atoms with E-state index >= 15 is 0 Å². The van der Waals surface area contributed by atoms with E-state index in [-0.39, 0.29) is 30.5 Å². The summed E-state index contributed by atoms with van der Waals surface area (Å²) in [6.07, 6.45) is 1.28. The van der Waals surface area contributed by atoms with E-state index in [1.54, 1.807) is 26.2 Å². The molecule has 1 aromatic carbocycles. The summed E-state index contributed by atoms with van der Waals surface area (Å²) in [6.45, 7) is -1.02. The number of pyridine rings is 1. The summed E-state index contributed by atoms with van der Waals surface area (Å²) in [7, 11) is 1.57. The third-order valence-electron chi connectivity index (χ3n) is 4.49. The number of aromatic nitrogens is 1. The van der Waals surface area contributed by atoms with Gasteiger partial charge in [0.25, 0.3) is 5.56 Å². The standard InChI is InChI=1S/C18H18F2N2O3/c1-11-7-8-21(18(19)20)17(24)16(11)22-10-13(9-15(22)23)12-3-5-14(25-2)6-4-12/h3-8,13,18H,9-10H2,1-2H3. The zero-order chi connectivity index (χ0) is 18.1. The third-order valence-corrected chi connectivity index (χ3v) is 4.49. The van der Waals surface area contributed by atoms with Gasteiger partial charge in [-0.25, -0.2) is 0 Å². The summed E-state index contributed by atoms with van der Waals surface area (Å²) in [6, 6.07) is 8.78. The van der Waals surface area contributed by atoms with Gasteiger partial charge in [0.15, 0.2) is 0 Å². The molecule has 25 heavy (non-hydrogen) atoms. The Morgan fingerprint density at radius 3 is 2.44 bits per heavy atom. The zero-order valence-corrected chi connectivity index (χ0v) is 13.9. The molecule has 1 saturated heterocycles. The number of carbonyl (C=O) groups excluding carboxylic acids is 1. The van der Waals surface area contributed by atoms with Crippen LogP contribution >= 0.6 is 0 Å². The predicted molar refractivity (Wildman–Crippen MR) is 89.4 cm³/mol. The number of ether oxygens (including phenoxy) is 1. The lowest BCUT2D eigenvalue weighted by Gasteiger charge is -2.20. The highest BCUT2D eigenvalue weighted by Gasteiger charge is 2.34. The van der Waals surface area contributed by atoms with E-state index in [0.717, 1.165) is 11.8 Å². The van der Waals surface area contributed by atoms with Crippen molar-refractivity contribution >= 4 is 11.6 Å². The van der Waals surface area contributed by atoms with Crippen molar-refractivity contribution in [3.05, 3.63) is 58.0 Å². The van der Waals surface area contributed by atoms with E-state index in [1.165, 1.54) is 11.0 Å². The topological polar surface area (TPSA) is 51.5 Å². The summed E-state index contributed by atoms with van der Waals surface area (Å²) in [5.74, 6) is 0.370. The molecule has 1 aromatic heterocycles. The summed E-state index contributed by atoms with van der Waals surface area (Å²) < 4.78 is 31.4. The van der Waals surface area contributed by atoms with E-state index in [9.17, 15) is 18.4 Å². The lowest BCUT2D eigenvalue weighted by molar-refractivity contribution is -0.117. The van der Waals surface area contributed by atoms with Gasteiger partial charge < -0.3 is 9.64 Å². The second-order valence-corrected chi connectivity index (χ2v) is 6.02. The fourth-order valence-electron chi connectivity index (χ4n) is 3.13. The van der Waals surface area contributed by atoms with Crippen LogP contribution in [0.2, 0.25) is 0 Å². The van der Waals surface area contributed by atoms with Crippen LogP contribution in [0, 0.1) is 6.92 Å².